The predicted molar refractivity (Wildman–Crippen MR) is 176 cm³/mol. The first-order chi connectivity index (χ1) is 21.0. The average molecular weight is 579 g/mol. The maximum atomic E-state index is 7.32. The highest BCUT2D eigenvalue weighted by Crippen LogP contribution is 2.49. The number of nitrogens with zero attached hydrogens (tertiary/aromatic N) is 2. The Morgan fingerprint density at radius 3 is 1.77 bits per heavy atom. The smallest absolute Gasteiger partial charge is 0.178 e. The van der Waals surface area contributed by atoms with Crippen molar-refractivity contribution in [3.05, 3.63) is 95.1 Å². The van der Waals surface area contributed by atoms with Crippen molar-refractivity contribution in [2.24, 2.45) is 0 Å². The summed E-state index contributed by atoms with van der Waals surface area (Å²) in [6.07, 6.45) is 4.41. The van der Waals surface area contributed by atoms with Crippen LogP contribution < -0.4 is 24.0 Å². The summed E-state index contributed by atoms with van der Waals surface area (Å²) in [4.78, 5) is 4.72. The molecule has 6 rings (SSSR count). The standard InChI is InChI=1S/C37H42N2O4/c1-6-38(7-2)30-14-10-28(11-15-30)37(29-12-16-31(17-13-29)39(8-3)9-4)19-18-32-27(25-40-5)22-26-23-34-35(42-21-20-41-34)24-33(26)36(32)43-37/h10-19,22-24H,6-9,20-21,25H2,1-5H3. The lowest BCUT2D eigenvalue weighted by atomic mass is 9.82. The molecule has 224 valence electrons. The van der Waals surface area contributed by atoms with E-state index in [1.165, 1.54) is 11.4 Å². The molecule has 0 fully saturated rings. The first-order valence-corrected chi connectivity index (χ1v) is 15.5. The first kappa shape index (κ1) is 28.9. The van der Waals surface area contributed by atoms with Crippen LogP contribution in [0.4, 0.5) is 11.4 Å². The van der Waals surface area contributed by atoms with Crippen molar-refractivity contribution in [3.8, 4) is 17.2 Å². The topological polar surface area (TPSA) is 43.4 Å². The summed E-state index contributed by atoms with van der Waals surface area (Å²) in [5.41, 5.74) is 5.83. The van der Waals surface area contributed by atoms with Gasteiger partial charge < -0.3 is 28.7 Å². The van der Waals surface area contributed by atoms with E-state index in [-0.39, 0.29) is 0 Å². The molecule has 0 atom stereocenters. The van der Waals surface area contributed by atoms with Gasteiger partial charge in [-0.2, -0.15) is 0 Å². The summed E-state index contributed by atoms with van der Waals surface area (Å²) in [5, 5.41) is 2.03. The maximum Gasteiger partial charge on any atom is 0.178 e. The molecule has 4 aromatic rings. The van der Waals surface area contributed by atoms with Gasteiger partial charge in [0.25, 0.3) is 0 Å². The predicted octanol–water partition coefficient (Wildman–Crippen LogP) is 7.80. The highest BCUT2D eigenvalue weighted by molar-refractivity contribution is 5.96. The summed E-state index contributed by atoms with van der Waals surface area (Å²) in [6, 6.07) is 24.0. The van der Waals surface area contributed by atoms with Crippen LogP contribution >= 0.6 is 0 Å². The van der Waals surface area contributed by atoms with Crippen LogP contribution in [0.25, 0.3) is 16.8 Å². The minimum Gasteiger partial charge on any atom is -0.486 e. The largest absolute Gasteiger partial charge is 0.486 e. The van der Waals surface area contributed by atoms with Crippen molar-refractivity contribution in [1.29, 1.82) is 0 Å². The van der Waals surface area contributed by atoms with Crippen molar-refractivity contribution in [1.82, 2.24) is 0 Å². The van der Waals surface area contributed by atoms with Crippen molar-refractivity contribution in [2.45, 2.75) is 39.9 Å². The maximum absolute atomic E-state index is 7.32. The van der Waals surface area contributed by atoms with Crippen LogP contribution in [0, 0.1) is 0 Å². The van der Waals surface area contributed by atoms with Gasteiger partial charge in [0.2, 0.25) is 0 Å². The molecular formula is C37H42N2O4. The lowest BCUT2D eigenvalue weighted by molar-refractivity contribution is 0.160. The molecule has 0 unspecified atom stereocenters. The number of hydrogen-bond acceptors (Lipinski definition) is 6. The number of methoxy groups -OCH3 is 1. The zero-order chi connectivity index (χ0) is 30.0. The minimum absolute atomic E-state index is 0.477. The van der Waals surface area contributed by atoms with Crippen molar-refractivity contribution >= 4 is 28.2 Å². The van der Waals surface area contributed by atoms with E-state index in [1.807, 2.05) is 0 Å². The molecular weight excluding hydrogens is 536 g/mol. The van der Waals surface area contributed by atoms with E-state index < -0.39 is 5.60 Å². The van der Waals surface area contributed by atoms with Gasteiger partial charge >= 0.3 is 0 Å². The number of anilines is 2. The lowest BCUT2D eigenvalue weighted by Crippen LogP contribution is -2.35. The number of benzene rings is 4. The van der Waals surface area contributed by atoms with Crippen LogP contribution in [-0.2, 0) is 16.9 Å². The first-order valence-electron chi connectivity index (χ1n) is 15.5. The highest BCUT2D eigenvalue weighted by atomic mass is 16.6. The molecule has 0 saturated carbocycles. The van der Waals surface area contributed by atoms with Gasteiger partial charge in [0, 0.05) is 66.7 Å². The molecule has 0 saturated heterocycles. The van der Waals surface area contributed by atoms with Gasteiger partial charge in [-0.25, -0.2) is 0 Å². The third-order valence-electron chi connectivity index (χ3n) is 8.78. The lowest BCUT2D eigenvalue weighted by Gasteiger charge is -2.38. The molecule has 0 aromatic heterocycles. The molecule has 2 heterocycles. The Kier molecular flexibility index (Phi) is 8.22. The Hall–Kier alpha value is -4.16. The van der Waals surface area contributed by atoms with Crippen LogP contribution in [0.5, 0.6) is 17.2 Å². The molecule has 0 aliphatic carbocycles. The van der Waals surface area contributed by atoms with Gasteiger partial charge in [-0.1, -0.05) is 30.3 Å². The van der Waals surface area contributed by atoms with Crippen molar-refractivity contribution < 1.29 is 18.9 Å². The highest BCUT2D eigenvalue weighted by Gasteiger charge is 2.39. The molecule has 0 spiro atoms. The molecule has 0 N–H and O–H groups in total. The van der Waals surface area contributed by atoms with E-state index in [9.17, 15) is 0 Å². The number of hydrogen-bond donors (Lipinski definition) is 0. The summed E-state index contributed by atoms with van der Waals surface area (Å²) in [6.45, 7) is 14.2. The van der Waals surface area contributed by atoms with Crippen LogP contribution in [0.1, 0.15) is 49.9 Å². The van der Waals surface area contributed by atoms with Gasteiger partial charge in [0.1, 0.15) is 19.0 Å². The molecule has 2 aliphatic rings. The zero-order valence-corrected chi connectivity index (χ0v) is 26.0. The van der Waals surface area contributed by atoms with E-state index in [4.69, 9.17) is 18.9 Å². The van der Waals surface area contributed by atoms with Gasteiger partial charge in [0.15, 0.2) is 17.1 Å². The van der Waals surface area contributed by atoms with Crippen LogP contribution in [0.15, 0.2) is 72.8 Å². The van der Waals surface area contributed by atoms with Crippen LogP contribution in [0.3, 0.4) is 0 Å². The molecule has 43 heavy (non-hydrogen) atoms. The monoisotopic (exact) mass is 578 g/mol. The minimum atomic E-state index is -0.831. The summed E-state index contributed by atoms with van der Waals surface area (Å²) >= 11 is 0. The molecule has 0 radical (unpaired) electrons. The summed E-state index contributed by atoms with van der Waals surface area (Å²) < 4.78 is 24.9. The molecule has 0 bridgehead atoms. The van der Waals surface area contributed by atoms with E-state index in [2.05, 4.69) is 116 Å². The third kappa shape index (κ3) is 5.18. The zero-order valence-electron chi connectivity index (χ0n) is 26.0. The quantitative estimate of drug-likeness (QED) is 0.191. The van der Waals surface area contributed by atoms with Gasteiger partial charge in [-0.3, -0.25) is 0 Å². The van der Waals surface area contributed by atoms with E-state index in [0.29, 0.717) is 19.8 Å². The van der Waals surface area contributed by atoms with Gasteiger partial charge in [-0.15, -0.1) is 0 Å². The molecule has 6 heteroatoms. The fraction of sp³-hybridized carbons (Fsp3) is 0.351. The Bertz CT molecular complexity index is 1550. The Morgan fingerprint density at radius 2 is 1.26 bits per heavy atom. The van der Waals surface area contributed by atoms with Crippen molar-refractivity contribution in [2.75, 3.05) is 56.3 Å². The number of ether oxygens (including phenoxy) is 4. The average Bonchev–Trinajstić information content (AvgIpc) is 3.05. The second kappa shape index (κ2) is 12.2. The van der Waals surface area contributed by atoms with E-state index in [1.54, 1.807) is 7.11 Å². The molecule has 0 amide bonds. The Balaban J connectivity index is 1.54. The van der Waals surface area contributed by atoms with E-state index in [0.717, 1.165) is 76.5 Å². The number of rotatable bonds is 10. The Labute approximate surface area is 255 Å². The second-order valence-electron chi connectivity index (χ2n) is 11.0. The molecule has 6 nitrogen and oxygen atoms in total. The van der Waals surface area contributed by atoms with Crippen LogP contribution in [-0.4, -0.2) is 46.5 Å². The third-order valence-corrected chi connectivity index (χ3v) is 8.78. The molecule has 2 aliphatic heterocycles. The normalized spacial score (nSPS) is 14.7. The summed E-state index contributed by atoms with van der Waals surface area (Å²) in [5.74, 6) is 2.33. The van der Waals surface area contributed by atoms with Gasteiger partial charge in [0.05, 0.1) is 6.61 Å². The fourth-order valence-corrected chi connectivity index (χ4v) is 6.43. The van der Waals surface area contributed by atoms with Crippen LogP contribution in [0.2, 0.25) is 0 Å². The second-order valence-corrected chi connectivity index (χ2v) is 11.0. The summed E-state index contributed by atoms with van der Waals surface area (Å²) in [7, 11) is 1.73. The van der Waals surface area contributed by atoms with E-state index >= 15 is 0 Å². The number of fused-ring (bicyclic) bond motifs is 4. The van der Waals surface area contributed by atoms with Gasteiger partial charge in [-0.05, 0) is 87.2 Å². The van der Waals surface area contributed by atoms with Crippen molar-refractivity contribution in [3.63, 3.8) is 0 Å². The Morgan fingerprint density at radius 1 is 0.721 bits per heavy atom. The fourth-order valence-electron chi connectivity index (χ4n) is 6.43. The SMILES string of the molecule is CCN(CC)c1ccc(C2(c3ccc(N(CC)CC)cc3)C=Cc3c(COC)cc4cc5c(cc4c3O2)OCCO5)cc1. The molecule has 4 aromatic carbocycles.